The number of amides is 1. The molecular weight excluding hydrogens is 230 g/mol. The zero-order chi connectivity index (χ0) is 12.4. The Bertz CT molecular complexity index is 445. The number of hydrogen-bond donors (Lipinski definition) is 2. The van der Waals surface area contributed by atoms with Gasteiger partial charge in [0.2, 0.25) is 0 Å². The number of benzene rings is 1. The summed E-state index contributed by atoms with van der Waals surface area (Å²) in [6, 6.07) is 1.85. The molecule has 1 atom stereocenters. The van der Waals surface area contributed by atoms with Crippen molar-refractivity contribution < 1.29 is 18.3 Å². The highest BCUT2D eigenvalue weighted by Crippen LogP contribution is 2.19. The molecule has 2 rings (SSSR count). The van der Waals surface area contributed by atoms with Crippen molar-refractivity contribution in [3.8, 4) is 0 Å². The van der Waals surface area contributed by atoms with Crippen LogP contribution in [-0.2, 0) is 4.74 Å². The van der Waals surface area contributed by atoms with E-state index in [2.05, 4.69) is 5.32 Å². The number of rotatable bonds is 2. The summed E-state index contributed by atoms with van der Waals surface area (Å²) in [5.74, 6) is -2.75. The summed E-state index contributed by atoms with van der Waals surface area (Å²) < 4.78 is 31.9. The number of nitrogen functional groups attached to an aromatic ring is 1. The predicted molar refractivity (Wildman–Crippen MR) is 57.5 cm³/mol. The van der Waals surface area contributed by atoms with Crippen LogP contribution < -0.4 is 11.1 Å². The number of nitrogens with two attached hydrogens (primary N) is 1. The second kappa shape index (κ2) is 4.67. The first-order valence-electron chi connectivity index (χ1n) is 5.21. The highest BCUT2D eigenvalue weighted by Gasteiger charge is 2.24. The number of ether oxygens (including phenoxy) is 1. The van der Waals surface area contributed by atoms with Gasteiger partial charge in [-0.3, -0.25) is 4.79 Å². The number of carbonyl (C=O) groups is 1. The summed E-state index contributed by atoms with van der Waals surface area (Å²) in [7, 11) is 0. The molecule has 1 saturated heterocycles. The molecule has 0 aliphatic carbocycles. The van der Waals surface area contributed by atoms with Gasteiger partial charge in [-0.15, -0.1) is 0 Å². The van der Waals surface area contributed by atoms with E-state index in [9.17, 15) is 13.6 Å². The number of carbonyl (C=O) groups excluding carboxylic acids is 1. The van der Waals surface area contributed by atoms with Gasteiger partial charge in [0.15, 0.2) is 5.82 Å². The molecule has 0 radical (unpaired) electrons. The summed E-state index contributed by atoms with van der Waals surface area (Å²) >= 11 is 0. The Morgan fingerprint density at radius 1 is 1.47 bits per heavy atom. The Morgan fingerprint density at radius 3 is 2.88 bits per heavy atom. The Labute approximate surface area is 96.7 Å². The van der Waals surface area contributed by atoms with E-state index in [4.69, 9.17) is 10.5 Å². The molecule has 0 bridgehead atoms. The third-order valence-corrected chi connectivity index (χ3v) is 2.61. The first-order chi connectivity index (χ1) is 8.09. The third kappa shape index (κ3) is 2.36. The van der Waals surface area contributed by atoms with Crippen molar-refractivity contribution in [3.05, 3.63) is 29.3 Å². The average molecular weight is 242 g/mol. The molecule has 1 amide bonds. The number of hydrogen-bond acceptors (Lipinski definition) is 3. The van der Waals surface area contributed by atoms with Crippen LogP contribution in [0.4, 0.5) is 14.5 Å². The molecule has 92 valence electrons. The van der Waals surface area contributed by atoms with Gasteiger partial charge in [0.05, 0.1) is 18.3 Å². The maximum Gasteiger partial charge on any atom is 0.257 e. The fourth-order valence-electron chi connectivity index (χ4n) is 1.68. The van der Waals surface area contributed by atoms with Crippen molar-refractivity contribution in [1.29, 1.82) is 0 Å². The van der Waals surface area contributed by atoms with E-state index in [1.165, 1.54) is 0 Å². The van der Waals surface area contributed by atoms with Crippen LogP contribution in [0.3, 0.4) is 0 Å². The van der Waals surface area contributed by atoms with Crippen molar-refractivity contribution >= 4 is 11.6 Å². The quantitative estimate of drug-likeness (QED) is 0.762. The normalized spacial score (nSPS) is 19.3. The highest BCUT2D eigenvalue weighted by molar-refractivity contribution is 5.95. The Morgan fingerprint density at radius 2 is 2.24 bits per heavy atom. The Balaban J connectivity index is 2.21. The largest absolute Gasteiger partial charge is 0.396 e. The topological polar surface area (TPSA) is 64.4 Å². The third-order valence-electron chi connectivity index (χ3n) is 2.61. The molecule has 6 heteroatoms. The van der Waals surface area contributed by atoms with E-state index in [1.54, 1.807) is 0 Å². The molecule has 1 aromatic carbocycles. The lowest BCUT2D eigenvalue weighted by molar-refractivity contribution is 0.0921. The summed E-state index contributed by atoms with van der Waals surface area (Å²) in [6.07, 6.45) is 0.636. The molecule has 1 unspecified atom stereocenters. The van der Waals surface area contributed by atoms with Crippen molar-refractivity contribution in [1.82, 2.24) is 5.32 Å². The van der Waals surface area contributed by atoms with Crippen LogP contribution in [0.25, 0.3) is 0 Å². The fraction of sp³-hybridized carbons (Fsp3) is 0.364. The van der Waals surface area contributed by atoms with E-state index in [-0.39, 0.29) is 11.7 Å². The predicted octanol–water partition coefficient (Wildman–Crippen LogP) is 1.07. The van der Waals surface area contributed by atoms with Gasteiger partial charge < -0.3 is 15.8 Å². The van der Waals surface area contributed by atoms with Crippen LogP contribution >= 0.6 is 0 Å². The van der Waals surface area contributed by atoms with Crippen molar-refractivity contribution in [2.75, 3.05) is 18.9 Å². The molecule has 0 saturated carbocycles. The number of halogens is 2. The fourth-order valence-corrected chi connectivity index (χ4v) is 1.68. The maximum absolute atomic E-state index is 13.5. The van der Waals surface area contributed by atoms with Gasteiger partial charge in [-0.05, 0) is 18.6 Å². The second-order valence-corrected chi connectivity index (χ2v) is 3.86. The van der Waals surface area contributed by atoms with Crippen molar-refractivity contribution in [2.24, 2.45) is 0 Å². The molecule has 1 aromatic rings. The zero-order valence-corrected chi connectivity index (χ0v) is 9.00. The molecular formula is C11H12F2N2O2. The number of nitrogens with one attached hydrogen (secondary N) is 1. The smallest absolute Gasteiger partial charge is 0.257 e. The van der Waals surface area contributed by atoms with Gasteiger partial charge in [-0.25, -0.2) is 8.78 Å². The minimum absolute atomic E-state index is 0.206. The van der Waals surface area contributed by atoms with E-state index in [0.29, 0.717) is 19.6 Å². The lowest BCUT2D eigenvalue weighted by Gasteiger charge is -2.12. The van der Waals surface area contributed by atoms with Gasteiger partial charge in [-0.2, -0.15) is 0 Å². The van der Waals surface area contributed by atoms with Crippen LogP contribution in [0.15, 0.2) is 12.1 Å². The minimum Gasteiger partial charge on any atom is -0.396 e. The molecule has 1 heterocycles. The molecule has 1 fully saturated rings. The van der Waals surface area contributed by atoms with Gasteiger partial charge >= 0.3 is 0 Å². The standard InChI is InChI=1S/C11H12F2N2O2/c12-7-1-2-8(14)10(13)9(7)11(16)15-6-3-4-17-5-6/h1-2,6H,3-5,14H2,(H,15,16). The Hall–Kier alpha value is -1.69. The van der Waals surface area contributed by atoms with E-state index >= 15 is 0 Å². The Kier molecular flexibility index (Phi) is 3.23. The minimum atomic E-state index is -1.03. The highest BCUT2D eigenvalue weighted by atomic mass is 19.1. The van der Waals surface area contributed by atoms with Crippen molar-refractivity contribution in [3.63, 3.8) is 0 Å². The summed E-state index contributed by atoms with van der Waals surface area (Å²) in [4.78, 5) is 11.7. The molecule has 1 aliphatic rings. The zero-order valence-electron chi connectivity index (χ0n) is 9.00. The summed E-state index contributed by atoms with van der Waals surface area (Å²) in [5.41, 5.74) is 4.40. The summed E-state index contributed by atoms with van der Waals surface area (Å²) in [6.45, 7) is 0.893. The van der Waals surface area contributed by atoms with Gasteiger partial charge in [0.1, 0.15) is 11.4 Å². The van der Waals surface area contributed by atoms with Crippen LogP contribution in [0.5, 0.6) is 0 Å². The number of anilines is 1. The van der Waals surface area contributed by atoms with Gasteiger partial charge in [-0.1, -0.05) is 0 Å². The van der Waals surface area contributed by atoms with Crippen molar-refractivity contribution in [2.45, 2.75) is 12.5 Å². The van der Waals surface area contributed by atoms with Crippen LogP contribution in [0.2, 0.25) is 0 Å². The molecule has 0 aromatic heterocycles. The van der Waals surface area contributed by atoms with Gasteiger partial charge in [0, 0.05) is 6.61 Å². The first-order valence-corrected chi connectivity index (χ1v) is 5.21. The molecule has 0 spiro atoms. The molecule has 1 aliphatic heterocycles. The average Bonchev–Trinajstić information content (AvgIpc) is 2.77. The summed E-state index contributed by atoms with van der Waals surface area (Å²) in [5, 5.41) is 2.50. The monoisotopic (exact) mass is 242 g/mol. The van der Waals surface area contributed by atoms with Gasteiger partial charge in [0.25, 0.3) is 5.91 Å². The first kappa shape index (κ1) is 11.8. The molecule has 17 heavy (non-hydrogen) atoms. The maximum atomic E-state index is 13.5. The molecule has 4 nitrogen and oxygen atoms in total. The van der Waals surface area contributed by atoms with E-state index in [1.807, 2.05) is 0 Å². The lowest BCUT2D eigenvalue weighted by Crippen LogP contribution is -2.36. The van der Waals surface area contributed by atoms with Crippen LogP contribution in [0, 0.1) is 11.6 Å². The lowest BCUT2D eigenvalue weighted by atomic mass is 10.1. The van der Waals surface area contributed by atoms with E-state index < -0.39 is 23.1 Å². The molecule has 3 N–H and O–H groups in total. The SMILES string of the molecule is Nc1ccc(F)c(C(=O)NC2CCOC2)c1F. The van der Waals surface area contributed by atoms with Crippen LogP contribution in [0.1, 0.15) is 16.8 Å². The van der Waals surface area contributed by atoms with E-state index in [0.717, 1.165) is 12.1 Å². The second-order valence-electron chi connectivity index (χ2n) is 3.86. The van der Waals surface area contributed by atoms with Crippen LogP contribution in [-0.4, -0.2) is 25.2 Å².